The van der Waals surface area contributed by atoms with Crippen molar-refractivity contribution in [3.63, 3.8) is 0 Å². The molecule has 0 aliphatic heterocycles. The van der Waals surface area contributed by atoms with Crippen LogP contribution in [0.15, 0.2) is 133 Å². The van der Waals surface area contributed by atoms with Gasteiger partial charge in [0.1, 0.15) is 0 Å². The van der Waals surface area contributed by atoms with Crippen LogP contribution in [0.1, 0.15) is 92.2 Å². The minimum atomic E-state index is -0.867. The summed E-state index contributed by atoms with van der Waals surface area (Å²) in [5, 5.41) is 0. The lowest BCUT2D eigenvalue weighted by Gasteiger charge is -2.40. The lowest BCUT2D eigenvalue weighted by atomic mass is 9.63. The number of hydrogen-bond donors (Lipinski definition) is 0. The van der Waals surface area contributed by atoms with E-state index in [9.17, 15) is 17.6 Å². The fraction of sp³-hybridized carbons (Fsp3) is 0.265. The second-order valence-corrected chi connectivity index (χ2v) is 14.5. The van der Waals surface area contributed by atoms with Crippen molar-refractivity contribution in [1.82, 2.24) is 0 Å². The molecular weight excluding hydrogens is 665 g/mol. The molecule has 0 saturated carbocycles. The second kappa shape index (κ2) is 17.2. The van der Waals surface area contributed by atoms with E-state index in [1.165, 1.54) is 53.3 Å². The predicted molar refractivity (Wildman–Crippen MR) is 211 cm³/mol. The first kappa shape index (κ1) is 37.8. The highest BCUT2D eigenvalue weighted by Gasteiger charge is 2.39. The quantitative estimate of drug-likeness (QED) is 0.0734. The molecule has 0 amide bonds. The Hall–Kier alpha value is -4.96. The number of benzene rings is 6. The van der Waals surface area contributed by atoms with Crippen LogP contribution in [0.3, 0.4) is 0 Å². The van der Waals surface area contributed by atoms with Gasteiger partial charge in [0.2, 0.25) is 0 Å². The molecule has 6 aromatic carbocycles. The van der Waals surface area contributed by atoms with Gasteiger partial charge in [-0.1, -0.05) is 149 Å². The summed E-state index contributed by atoms with van der Waals surface area (Å²) in [7, 11) is 0. The van der Waals surface area contributed by atoms with Crippen molar-refractivity contribution >= 4 is 0 Å². The summed E-state index contributed by atoms with van der Waals surface area (Å²) in [5.41, 5.74) is 9.65. The predicted octanol–water partition coefficient (Wildman–Crippen LogP) is 14.0. The average molecular weight is 713 g/mol. The van der Waals surface area contributed by atoms with E-state index >= 15 is 0 Å². The van der Waals surface area contributed by atoms with E-state index in [4.69, 9.17) is 0 Å². The van der Waals surface area contributed by atoms with Crippen LogP contribution in [-0.4, -0.2) is 0 Å². The number of rotatable bonds is 15. The first-order chi connectivity index (χ1) is 25.7. The third kappa shape index (κ3) is 8.82. The summed E-state index contributed by atoms with van der Waals surface area (Å²) in [6.07, 6.45) is 8.61. The summed E-state index contributed by atoms with van der Waals surface area (Å²) >= 11 is 0. The molecule has 0 nitrogen and oxygen atoms in total. The van der Waals surface area contributed by atoms with Crippen LogP contribution >= 0.6 is 0 Å². The summed E-state index contributed by atoms with van der Waals surface area (Å²) in [4.78, 5) is 0. The third-order valence-corrected chi connectivity index (χ3v) is 10.9. The van der Waals surface area contributed by atoms with Crippen LogP contribution in [0.4, 0.5) is 17.6 Å². The highest BCUT2D eigenvalue weighted by atomic mass is 19.2. The SMILES string of the molecule is CCCCCc1ccc(C(C)(c2ccc(-c3ccc(F)c(F)c3)cc2)C(Cc2ccc(-c3ccc(F)c(F)c3)cc2)c2ccc(CCCC)cc2)cc1. The van der Waals surface area contributed by atoms with E-state index in [2.05, 4.69) is 93.6 Å². The third-order valence-electron chi connectivity index (χ3n) is 10.9. The zero-order valence-electron chi connectivity index (χ0n) is 30.9. The molecule has 53 heavy (non-hydrogen) atoms. The maximum absolute atomic E-state index is 14.2. The molecular formula is C49H48F4. The normalized spacial score (nSPS) is 13.1. The Balaban J connectivity index is 1.45. The largest absolute Gasteiger partial charge is 0.204 e. The summed E-state index contributed by atoms with van der Waals surface area (Å²) < 4.78 is 55.8. The van der Waals surface area contributed by atoms with E-state index in [1.807, 2.05) is 24.3 Å². The van der Waals surface area contributed by atoms with E-state index in [0.717, 1.165) is 60.4 Å². The van der Waals surface area contributed by atoms with E-state index in [0.29, 0.717) is 17.5 Å². The van der Waals surface area contributed by atoms with Gasteiger partial charge in [-0.25, -0.2) is 17.6 Å². The fourth-order valence-electron chi connectivity index (χ4n) is 7.55. The smallest absolute Gasteiger partial charge is 0.159 e. The van der Waals surface area contributed by atoms with Crippen molar-refractivity contribution in [3.05, 3.63) is 190 Å². The highest BCUT2D eigenvalue weighted by molar-refractivity contribution is 5.65. The van der Waals surface area contributed by atoms with Crippen LogP contribution in [0.25, 0.3) is 22.3 Å². The van der Waals surface area contributed by atoms with Crippen molar-refractivity contribution in [2.75, 3.05) is 0 Å². The molecule has 272 valence electrons. The van der Waals surface area contributed by atoms with Crippen LogP contribution < -0.4 is 0 Å². The van der Waals surface area contributed by atoms with Gasteiger partial charge in [0.25, 0.3) is 0 Å². The molecule has 0 fully saturated rings. The zero-order chi connectivity index (χ0) is 37.4. The summed E-state index contributed by atoms with van der Waals surface area (Å²) in [5.74, 6) is -3.46. The topological polar surface area (TPSA) is 0 Å². The Morgan fingerprint density at radius 3 is 1.34 bits per heavy atom. The minimum absolute atomic E-state index is 0.00287. The van der Waals surface area contributed by atoms with Crippen molar-refractivity contribution < 1.29 is 17.6 Å². The molecule has 0 aliphatic carbocycles. The van der Waals surface area contributed by atoms with Gasteiger partial charge in [-0.2, -0.15) is 0 Å². The molecule has 0 bridgehead atoms. The van der Waals surface area contributed by atoms with Crippen LogP contribution in [0.5, 0.6) is 0 Å². The van der Waals surface area contributed by atoms with Crippen LogP contribution in [0, 0.1) is 23.3 Å². The Labute approximate surface area is 312 Å². The molecule has 2 atom stereocenters. The van der Waals surface area contributed by atoms with Crippen LogP contribution in [-0.2, 0) is 24.7 Å². The average Bonchev–Trinajstić information content (AvgIpc) is 3.19. The lowest BCUT2D eigenvalue weighted by Crippen LogP contribution is -2.33. The minimum Gasteiger partial charge on any atom is -0.204 e. The molecule has 0 radical (unpaired) electrons. The standard InChI is InChI=1S/C49H48F4/c1-4-6-8-10-35-15-25-42(26-16-35)49(3,43-27-21-38(22-28-43)41-24-30-46(51)48(53)33-41)44(39-19-11-34(12-20-39)9-7-5-2)31-36-13-17-37(18-14-36)40-23-29-45(50)47(52)32-40/h11-30,32-33,44H,4-10,31H2,1-3H3. The summed E-state index contributed by atoms with van der Waals surface area (Å²) in [6.45, 7) is 6.75. The van der Waals surface area contributed by atoms with Gasteiger partial charge in [0, 0.05) is 11.3 Å². The van der Waals surface area contributed by atoms with Crippen molar-refractivity contribution in [2.45, 2.75) is 83.5 Å². The van der Waals surface area contributed by atoms with Crippen LogP contribution in [0.2, 0.25) is 0 Å². The molecule has 0 aliphatic rings. The van der Waals surface area contributed by atoms with E-state index in [1.54, 1.807) is 12.1 Å². The molecule has 6 rings (SSSR count). The van der Waals surface area contributed by atoms with E-state index in [-0.39, 0.29) is 5.92 Å². The Kier molecular flexibility index (Phi) is 12.3. The molecule has 4 heteroatoms. The molecule has 6 aromatic rings. The number of unbranched alkanes of at least 4 members (excludes halogenated alkanes) is 3. The molecule has 0 N–H and O–H groups in total. The number of hydrogen-bond acceptors (Lipinski definition) is 0. The van der Waals surface area contributed by atoms with Gasteiger partial charge in [-0.05, 0) is 112 Å². The maximum atomic E-state index is 14.2. The maximum Gasteiger partial charge on any atom is 0.159 e. The number of aryl methyl sites for hydroxylation is 2. The van der Waals surface area contributed by atoms with Gasteiger partial charge in [-0.3, -0.25) is 0 Å². The first-order valence-electron chi connectivity index (χ1n) is 19.0. The Bertz CT molecular complexity index is 2080. The lowest BCUT2D eigenvalue weighted by molar-refractivity contribution is 0.441. The van der Waals surface area contributed by atoms with Gasteiger partial charge in [0.15, 0.2) is 23.3 Å². The monoisotopic (exact) mass is 712 g/mol. The van der Waals surface area contributed by atoms with Gasteiger partial charge in [0.05, 0.1) is 0 Å². The van der Waals surface area contributed by atoms with Crippen molar-refractivity contribution in [2.24, 2.45) is 0 Å². The Morgan fingerprint density at radius 1 is 0.434 bits per heavy atom. The fourth-order valence-corrected chi connectivity index (χ4v) is 7.55. The molecule has 0 heterocycles. The van der Waals surface area contributed by atoms with Gasteiger partial charge in [-0.15, -0.1) is 0 Å². The zero-order valence-corrected chi connectivity index (χ0v) is 30.9. The second-order valence-electron chi connectivity index (χ2n) is 14.5. The van der Waals surface area contributed by atoms with Crippen molar-refractivity contribution in [3.8, 4) is 22.3 Å². The van der Waals surface area contributed by atoms with Crippen molar-refractivity contribution in [1.29, 1.82) is 0 Å². The molecule has 0 spiro atoms. The molecule has 0 aromatic heterocycles. The summed E-state index contributed by atoms with van der Waals surface area (Å²) in [6, 6.07) is 42.6. The number of halogens is 4. The molecule has 0 saturated heterocycles. The Morgan fingerprint density at radius 2 is 0.849 bits per heavy atom. The van der Waals surface area contributed by atoms with Gasteiger partial charge >= 0.3 is 0 Å². The highest BCUT2D eigenvalue weighted by Crippen LogP contribution is 2.47. The first-order valence-corrected chi connectivity index (χ1v) is 19.0. The molecule has 2 unspecified atom stereocenters. The van der Waals surface area contributed by atoms with E-state index < -0.39 is 28.7 Å². The van der Waals surface area contributed by atoms with Gasteiger partial charge < -0.3 is 0 Å².